The van der Waals surface area contributed by atoms with Gasteiger partial charge < -0.3 is 33.7 Å². The quantitative estimate of drug-likeness (QED) is 0.237. The van der Waals surface area contributed by atoms with Crippen LogP contribution in [0.5, 0.6) is 29.1 Å². The Kier molecular flexibility index (Phi) is 9.37. The van der Waals surface area contributed by atoms with Gasteiger partial charge in [-0.2, -0.15) is 10.2 Å². The molecule has 2 atom stereocenters. The van der Waals surface area contributed by atoms with E-state index >= 15 is 0 Å². The number of ether oxygens (including phenoxy) is 5. The first kappa shape index (κ1) is 30.9. The van der Waals surface area contributed by atoms with Gasteiger partial charge in [0.15, 0.2) is 11.5 Å². The second-order valence-electron chi connectivity index (χ2n) is 10.8. The van der Waals surface area contributed by atoms with E-state index in [1.54, 1.807) is 37.4 Å². The van der Waals surface area contributed by atoms with Crippen LogP contribution >= 0.6 is 0 Å². The zero-order chi connectivity index (χ0) is 31.3. The Morgan fingerprint density at radius 2 is 1.70 bits per heavy atom. The van der Waals surface area contributed by atoms with Gasteiger partial charge in [0.25, 0.3) is 0 Å². The molecule has 10 nitrogen and oxygen atoms in total. The molecule has 1 aliphatic rings. The van der Waals surface area contributed by atoms with Crippen LogP contribution in [-0.4, -0.2) is 74.2 Å². The summed E-state index contributed by atoms with van der Waals surface area (Å²) in [6.07, 6.45) is 0.301. The summed E-state index contributed by atoms with van der Waals surface area (Å²) in [6, 6.07) is 18.6. The van der Waals surface area contributed by atoms with Crippen molar-refractivity contribution in [1.29, 1.82) is 5.26 Å². The van der Waals surface area contributed by atoms with Crippen LogP contribution in [0.4, 0.5) is 0 Å². The van der Waals surface area contributed by atoms with Crippen molar-refractivity contribution in [2.45, 2.75) is 31.8 Å². The summed E-state index contributed by atoms with van der Waals surface area (Å²) >= 11 is 0. The second kappa shape index (κ2) is 13.4. The molecule has 0 amide bonds. The number of para-hydroxylation sites is 1. The Bertz CT molecular complexity index is 1650. The first-order valence-electron chi connectivity index (χ1n) is 14.7. The Morgan fingerprint density at radius 3 is 2.36 bits per heavy atom. The number of fused-ring (bicyclic) bond motifs is 2. The van der Waals surface area contributed by atoms with Gasteiger partial charge in [-0.15, -0.1) is 0 Å². The molecule has 0 radical (unpaired) electrons. The number of pyridine rings is 2. The molecule has 0 saturated heterocycles. The number of aliphatic hydroxyl groups is 1. The van der Waals surface area contributed by atoms with E-state index in [1.165, 1.54) is 0 Å². The predicted molar refractivity (Wildman–Crippen MR) is 166 cm³/mol. The van der Waals surface area contributed by atoms with E-state index in [4.69, 9.17) is 28.7 Å². The summed E-state index contributed by atoms with van der Waals surface area (Å²) in [5.41, 5.74) is 1.44. The van der Waals surface area contributed by atoms with Crippen LogP contribution < -0.4 is 23.7 Å². The number of hydrogen-bond donors (Lipinski definition) is 1. The summed E-state index contributed by atoms with van der Waals surface area (Å²) in [4.78, 5) is 11.4. The SMILES string of the molecule is CCOc1cc([C@](O)(CCN(C)C)[C@@H](c2cc3cc(C#N)ccc3nc2OC)c2cccc3c2OCCO3)cc(OCC)n1. The van der Waals surface area contributed by atoms with Crippen LogP contribution in [0.2, 0.25) is 0 Å². The molecular formula is C34H38N4O6. The highest BCUT2D eigenvalue weighted by molar-refractivity contribution is 5.82. The van der Waals surface area contributed by atoms with Crippen LogP contribution in [0.15, 0.2) is 54.6 Å². The molecule has 1 N–H and O–H groups in total. The Hall–Kier alpha value is -4.59. The molecule has 0 unspecified atom stereocenters. The molecule has 44 heavy (non-hydrogen) atoms. The summed E-state index contributed by atoms with van der Waals surface area (Å²) in [5, 5.41) is 23.6. The molecule has 1 aliphatic heterocycles. The van der Waals surface area contributed by atoms with Crippen LogP contribution in [0.3, 0.4) is 0 Å². The number of rotatable bonds is 12. The molecule has 0 saturated carbocycles. The van der Waals surface area contributed by atoms with Crippen molar-refractivity contribution in [2.75, 3.05) is 54.2 Å². The lowest BCUT2D eigenvalue weighted by atomic mass is 9.71. The van der Waals surface area contributed by atoms with Crippen molar-refractivity contribution >= 4 is 10.9 Å². The van der Waals surface area contributed by atoms with Gasteiger partial charge in [-0.25, -0.2) is 4.98 Å². The van der Waals surface area contributed by atoms with Crippen LogP contribution in [-0.2, 0) is 5.60 Å². The summed E-state index contributed by atoms with van der Waals surface area (Å²) in [5.74, 6) is 1.38. The number of nitriles is 1. The minimum Gasteiger partial charge on any atom is -0.486 e. The summed E-state index contributed by atoms with van der Waals surface area (Å²) < 4.78 is 29.8. The molecule has 0 aliphatic carbocycles. The fourth-order valence-electron chi connectivity index (χ4n) is 5.64. The van der Waals surface area contributed by atoms with Gasteiger partial charge in [-0.05, 0) is 70.3 Å². The van der Waals surface area contributed by atoms with Crippen molar-refractivity contribution in [1.82, 2.24) is 14.9 Å². The van der Waals surface area contributed by atoms with Crippen LogP contribution in [0.1, 0.15) is 48.4 Å². The molecule has 5 rings (SSSR count). The summed E-state index contributed by atoms with van der Waals surface area (Å²) in [7, 11) is 5.48. The number of benzene rings is 2. The maximum atomic E-state index is 13.3. The maximum absolute atomic E-state index is 13.3. The lowest BCUT2D eigenvalue weighted by Gasteiger charge is -2.40. The van der Waals surface area contributed by atoms with Gasteiger partial charge in [-0.1, -0.05) is 12.1 Å². The van der Waals surface area contributed by atoms with E-state index in [0.717, 1.165) is 5.39 Å². The standard InChI is InChI=1S/C34H38N4O6/c1-6-41-29-19-24(20-30(37-29)42-7-2)34(39,13-14-38(3)4)31(25-9-8-10-28-32(25)44-16-15-43-28)26-18-23-17-22(21-35)11-12-27(23)36-33(26)40-5/h8-12,17-20,31,39H,6-7,13-16H2,1-5H3/t31-,34-/m1/s1. The monoisotopic (exact) mass is 598 g/mol. The zero-order valence-electron chi connectivity index (χ0n) is 25.8. The normalized spacial score (nSPS) is 14.5. The van der Waals surface area contributed by atoms with Gasteiger partial charge in [0.05, 0.1) is 43.4 Å². The fourth-order valence-corrected chi connectivity index (χ4v) is 5.64. The molecule has 230 valence electrons. The highest BCUT2D eigenvalue weighted by Gasteiger charge is 2.45. The topological polar surface area (TPSA) is 119 Å². The Morgan fingerprint density at radius 1 is 0.977 bits per heavy atom. The number of hydrogen-bond acceptors (Lipinski definition) is 10. The largest absolute Gasteiger partial charge is 0.486 e. The average Bonchev–Trinajstić information content (AvgIpc) is 3.03. The Labute approximate surface area is 257 Å². The smallest absolute Gasteiger partial charge is 0.217 e. The van der Waals surface area contributed by atoms with Crippen LogP contribution in [0, 0.1) is 11.3 Å². The minimum atomic E-state index is -1.59. The Balaban J connectivity index is 1.86. The molecule has 2 aromatic carbocycles. The van der Waals surface area contributed by atoms with Crippen molar-refractivity contribution in [3.63, 3.8) is 0 Å². The molecule has 2 aromatic heterocycles. The van der Waals surface area contributed by atoms with Crippen molar-refractivity contribution in [2.24, 2.45) is 0 Å². The lowest BCUT2D eigenvalue weighted by Crippen LogP contribution is -2.38. The predicted octanol–water partition coefficient (Wildman–Crippen LogP) is 5.05. The van der Waals surface area contributed by atoms with Gasteiger partial charge in [-0.3, -0.25) is 0 Å². The fraction of sp³-hybridized carbons (Fsp3) is 0.382. The first-order valence-corrected chi connectivity index (χ1v) is 14.7. The van der Waals surface area contributed by atoms with Crippen molar-refractivity contribution in [3.8, 4) is 35.2 Å². The molecule has 0 bridgehead atoms. The average molecular weight is 599 g/mol. The van der Waals surface area contributed by atoms with E-state index in [0.29, 0.717) is 96.3 Å². The van der Waals surface area contributed by atoms with E-state index < -0.39 is 11.5 Å². The maximum Gasteiger partial charge on any atom is 0.217 e. The number of nitrogens with zero attached hydrogens (tertiary/aromatic N) is 4. The van der Waals surface area contributed by atoms with Crippen LogP contribution in [0.25, 0.3) is 10.9 Å². The van der Waals surface area contributed by atoms with Crippen molar-refractivity contribution in [3.05, 3.63) is 76.9 Å². The highest BCUT2D eigenvalue weighted by atomic mass is 16.6. The molecule has 0 fully saturated rings. The number of methoxy groups -OCH3 is 1. The lowest BCUT2D eigenvalue weighted by molar-refractivity contribution is 0.00205. The van der Waals surface area contributed by atoms with Crippen molar-refractivity contribution < 1.29 is 28.8 Å². The zero-order valence-corrected chi connectivity index (χ0v) is 25.8. The third-order valence-electron chi connectivity index (χ3n) is 7.63. The summed E-state index contributed by atoms with van der Waals surface area (Å²) in [6.45, 7) is 5.87. The molecule has 0 spiro atoms. The van der Waals surface area contributed by atoms with Gasteiger partial charge in [0.1, 0.15) is 18.8 Å². The van der Waals surface area contributed by atoms with E-state index in [9.17, 15) is 10.4 Å². The molecular weight excluding hydrogens is 560 g/mol. The molecule has 3 heterocycles. The molecule has 4 aromatic rings. The van der Waals surface area contributed by atoms with Gasteiger partial charge in [0, 0.05) is 35.2 Å². The first-order chi connectivity index (χ1) is 21.3. The van der Waals surface area contributed by atoms with E-state index in [2.05, 4.69) is 11.1 Å². The van der Waals surface area contributed by atoms with E-state index in [-0.39, 0.29) is 0 Å². The third kappa shape index (κ3) is 6.20. The van der Waals surface area contributed by atoms with Gasteiger partial charge in [0.2, 0.25) is 17.6 Å². The second-order valence-corrected chi connectivity index (χ2v) is 10.8. The highest BCUT2D eigenvalue weighted by Crippen LogP contribution is 2.52. The molecule has 10 heteroatoms. The van der Waals surface area contributed by atoms with E-state index in [1.807, 2.05) is 57.1 Å². The minimum absolute atomic E-state index is 0.301. The third-order valence-corrected chi connectivity index (χ3v) is 7.63. The number of aromatic nitrogens is 2. The van der Waals surface area contributed by atoms with Gasteiger partial charge >= 0.3 is 0 Å².